The minimum atomic E-state index is -0.465. The molecule has 1 aliphatic heterocycles. The van der Waals surface area contributed by atoms with Crippen LogP contribution < -0.4 is 10.9 Å². The van der Waals surface area contributed by atoms with Crippen LogP contribution >= 0.6 is 0 Å². The fourth-order valence-corrected chi connectivity index (χ4v) is 3.70. The number of amides is 1. The van der Waals surface area contributed by atoms with Gasteiger partial charge in [-0.15, -0.1) is 0 Å². The summed E-state index contributed by atoms with van der Waals surface area (Å²) in [6, 6.07) is 7.12. The lowest BCUT2D eigenvalue weighted by Gasteiger charge is -2.17. The van der Waals surface area contributed by atoms with Gasteiger partial charge in [0.1, 0.15) is 30.4 Å². The third-order valence-corrected chi connectivity index (χ3v) is 5.44. The summed E-state index contributed by atoms with van der Waals surface area (Å²) in [5, 5.41) is 13.1. The Kier molecular flexibility index (Phi) is 5.59. The molecule has 2 unspecified atom stereocenters. The molecule has 1 fully saturated rings. The van der Waals surface area contributed by atoms with Crippen molar-refractivity contribution in [2.24, 2.45) is 4.99 Å². The van der Waals surface area contributed by atoms with Gasteiger partial charge in [0.05, 0.1) is 18.0 Å². The number of aryl methyl sites for hydroxylation is 1. The number of aliphatic hydroxyl groups excluding tert-OH is 1. The number of halogens is 1. The second-order valence-electron chi connectivity index (χ2n) is 7.64. The number of pyridine rings is 1. The van der Waals surface area contributed by atoms with Crippen molar-refractivity contribution < 1.29 is 28.2 Å². The molecule has 2 N–H and O–H groups in total. The average molecular weight is 449 g/mol. The molecule has 0 spiro atoms. The van der Waals surface area contributed by atoms with Gasteiger partial charge in [-0.3, -0.25) is 9.78 Å². The number of allylic oxidation sites excluding steroid dienone is 1. The first-order valence-electron chi connectivity index (χ1n) is 10.3. The van der Waals surface area contributed by atoms with Gasteiger partial charge in [-0.2, -0.15) is 0 Å². The maximum absolute atomic E-state index is 13.3. The molecule has 9 heteroatoms. The molecule has 0 radical (unpaired) electrons. The summed E-state index contributed by atoms with van der Waals surface area (Å²) in [5.74, 6) is -0.865. The number of nitrogens with zero attached hydrogens (tertiary/aromatic N) is 2. The van der Waals surface area contributed by atoms with E-state index in [1.54, 1.807) is 25.1 Å². The van der Waals surface area contributed by atoms with E-state index in [2.05, 4.69) is 15.3 Å². The van der Waals surface area contributed by atoms with Crippen molar-refractivity contribution in [3.8, 4) is 0 Å². The lowest BCUT2D eigenvalue weighted by molar-refractivity contribution is 0.0503. The van der Waals surface area contributed by atoms with Crippen LogP contribution in [0.5, 0.6) is 0 Å². The molecule has 1 saturated heterocycles. The third-order valence-electron chi connectivity index (χ3n) is 5.44. The molecule has 2 aromatic heterocycles. The molecule has 3 aromatic rings. The fraction of sp³-hybridized carbons (Fsp3) is 0.208. The number of hydrogen-bond donors (Lipinski definition) is 2. The number of carbonyl (C=O) groups excluding carboxylic acids is 1. The maximum Gasteiger partial charge on any atom is 0.261 e. The van der Waals surface area contributed by atoms with E-state index < -0.39 is 11.7 Å². The van der Waals surface area contributed by atoms with Crippen LogP contribution in [0.4, 0.5) is 10.1 Å². The van der Waals surface area contributed by atoms with E-state index in [1.807, 2.05) is 6.08 Å². The molecule has 33 heavy (non-hydrogen) atoms. The monoisotopic (exact) mass is 449 g/mol. The van der Waals surface area contributed by atoms with E-state index in [0.717, 1.165) is 0 Å². The molecule has 168 valence electrons. The van der Waals surface area contributed by atoms with Crippen LogP contribution in [0.15, 0.2) is 69.9 Å². The second kappa shape index (κ2) is 8.70. The molecule has 0 saturated carbocycles. The Balaban J connectivity index is 1.61. The van der Waals surface area contributed by atoms with Gasteiger partial charge >= 0.3 is 0 Å². The van der Waals surface area contributed by atoms with Gasteiger partial charge < -0.3 is 24.3 Å². The Morgan fingerprint density at radius 2 is 2.06 bits per heavy atom. The summed E-state index contributed by atoms with van der Waals surface area (Å²) in [6.45, 7) is 1.67. The number of ether oxygens (including phenoxy) is 2. The molecule has 2 aliphatic rings. The zero-order chi connectivity index (χ0) is 22.9. The second-order valence-corrected chi connectivity index (χ2v) is 7.64. The van der Waals surface area contributed by atoms with Crippen LogP contribution in [0.3, 0.4) is 0 Å². The molecule has 3 heterocycles. The minimum absolute atomic E-state index is 0.0327. The number of rotatable bonds is 4. The Hall–Kier alpha value is -3.66. The molecule has 0 bridgehead atoms. The van der Waals surface area contributed by atoms with E-state index in [0.29, 0.717) is 33.6 Å². The fourth-order valence-electron chi connectivity index (χ4n) is 3.70. The number of carbonyl (C=O) groups is 1. The molecule has 2 atom stereocenters. The average Bonchev–Trinajstić information content (AvgIpc) is 3.29. The number of nitrogens with one attached hydrogen (secondary N) is 1. The SMILES string of the molecule is Cc1ncc(CO)c2cc(C(=O)NC3=CC4OCOC4C=C3)c(=Nc3ccc(F)cc3)oc12. The van der Waals surface area contributed by atoms with Crippen LogP contribution in [0.2, 0.25) is 0 Å². The van der Waals surface area contributed by atoms with E-state index in [4.69, 9.17) is 13.9 Å². The Morgan fingerprint density at radius 3 is 2.85 bits per heavy atom. The summed E-state index contributed by atoms with van der Waals surface area (Å²) in [5.41, 5.74) is 2.62. The van der Waals surface area contributed by atoms with Crippen LogP contribution in [-0.2, 0) is 16.1 Å². The first-order chi connectivity index (χ1) is 16.0. The summed E-state index contributed by atoms with van der Waals surface area (Å²) in [7, 11) is 0. The maximum atomic E-state index is 13.3. The van der Waals surface area contributed by atoms with Crippen molar-refractivity contribution in [3.05, 3.63) is 88.6 Å². The lowest BCUT2D eigenvalue weighted by atomic mass is 10.1. The topological polar surface area (TPSA) is 106 Å². The largest absolute Gasteiger partial charge is 0.436 e. The van der Waals surface area contributed by atoms with Gasteiger partial charge in [0, 0.05) is 22.8 Å². The van der Waals surface area contributed by atoms with Crippen molar-refractivity contribution in [1.82, 2.24) is 10.3 Å². The van der Waals surface area contributed by atoms with Gasteiger partial charge in [-0.1, -0.05) is 6.08 Å². The Morgan fingerprint density at radius 1 is 1.27 bits per heavy atom. The van der Waals surface area contributed by atoms with Crippen LogP contribution in [0.1, 0.15) is 21.6 Å². The zero-order valence-corrected chi connectivity index (χ0v) is 17.6. The van der Waals surface area contributed by atoms with Gasteiger partial charge in [0.25, 0.3) is 5.91 Å². The highest BCUT2D eigenvalue weighted by Gasteiger charge is 2.28. The number of aliphatic hydroxyl groups is 1. The first-order valence-corrected chi connectivity index (χ1v) is 10.3. The highest BCUT2D eigenvalue weighted by atomic mass is 19.1. The third kappa shape index (κ3) is 4.21. The molecule has 5 rings (SSSR count). The van der Waals surface area contributed by atoms with Crippen molar-refractivity contribution >= 4 is 22.6 Å². The van der Waals surface area contributed by atoms with Crippen LogP contribution in [0, 0.1) is 12.7 Å². The zero-order valence-electron chi connectivity index (χ0n) is 17.6. The summed E-state index contributed by atoms with van der Waals surface area (Å²) >= 11 is 0. The molecule has 8 nitrogen and oxygen atoms in total. The van der Waals surface area contributed by atoms with Gasteiger partial charge in [-0.25, -0.2) is 9.38 Å². The van der Waals surface area contributed by atoms with E-state index in [1.165, 1.54) is 30.5 Å². The quantitative estimate of drug-likeness (QED) is 0.635. The van der Waals surface area contributed by atoms with Crippen molar-refractivity contribution in [3.63, 3.8) is 0 Å². The number of hydrogen-bond acceptors (Lipinski definition) is 7. The van der Waals surface area contributed by atoms with E-state index >= 15 is 0 Å². The predicted octanol–water partition coefficient (Wildman–Crippen LogP) is 2.93. The van der Waals surface area contributed by atoms with Crippen LogP contribution in [-0.4, -0.2) is 35.0 Å². The van der Waals surface area contributed by atoms with Gasteiger partial charge in [0.2, 0.25) is 5.55 Å². The first kappa shape index (κ1) is 21.2. The van der Waals surface area contributed by atoms with Gasteiger partial charge in [0.15, 0.2) is 5.58 Å². The Bertz CT molecular complexity index is 1360. The highest BCUT2D eigenvalue weighted by molar-refractivity contribution is 5.98. The predicted molar refractivity (Wildman–Crippen MR) is 116 cm³/mol. The number of fused-ring (bicyclic) bond motifs is 2. The Labute approximate surface area is 187 Å². The minimum Gasteiger partial charge on any atom is -0.436 e. The standard InChI is InChI=1S/C24H20FN3O5/c1-13-22-18(14(11-29)10-26-13)9-19(24(33-22)28-16-4-2-15(25)3-5-16)23(30)27-17-6-7-20-21(8-17)32-12-31-20/h2-10,20-21,29H,11-12H2,1H3,(H,27,30). The van der Waals surface area contributed by atoms with Crippen molar-refractivity contribution in [2.75, 3.05) is 6.79 Å². The summed E-state index contributed by atoms with van der Waals surface area (Å²) in [6.07, 6.45) is 6.43. The molecular weight excluding hydrogens is 429 g/mol. The lowest BCUT2D eigenvalue weighted by Crippen LogP contribution is -2.31. The number of benzene rings is 1. The number of aromatic nitrogens is 1. The molecule has 1 amide bonds. The molecule has 1 aromatic carbocycles. The highest BCUT2D eigenvalue weighted by Crippen LogP contribution is 2.23. The van der Waals surface area contributed by atoms with E-state index in [9.17, 15) is 14.3 Å². The van der Waals surface area contributed by atoms with Gasteiger partial charge in [-0.05, 0) is 49.4 Å². The normalized spacial score (nSPS) is 20.1. The summed E-state index contributed by atoms with van der Waals surface area (Å²) in [4.78, 5) is 22.0. The van der Waals surface area contributed by atoms with E-state index in [-0.39, 0.29) is 36.7 Å². The molecule has 1 aliphatic carbocycles. The van der Waals surface area contributed by atoms with Crippen LogP contribution in [0.25, 0.3) is 11.0 Å². The van der Waals surface area contributed by atoms with Crippen molar-refractivity contribution in [1.29, 1.82) is 0 Å². The summed E-state index contributed by atoms with van der Waals surface area (Å²) < 4.78 is 30.2. The smallest absolute Gasteiger partial charge is 0.261 e. The molecular formula is C24H20FN3O5. The van der Waals surface area contributed by atoms with Crippen molar-refractivity contribution in [2.45, 2.75) is 25.7 Å².